The smallest absolute Gasteiger partial charge is 0.465 e. The summed E-state index contributed by atoms with van der Waals surface area (Å²) in [5, 5.41) is 17.6. The Hall–Kier alpha value is -1.21. The van der Waals surface area contributed by atoms with Crippen LogP contribution >= 0.6 is 12.6 Å². The first-order chi connectivity index (χ1) is 4.75. The lowest BCUT2D eigenvalue weighted by atomic mass is 10.4. The summed E-state index contributed by atoms with van der Waals surface area (Å²) in [7, 11) is 0. The van der Waals surface area contributed by atoms with Gasteiger partial charge in [-0.25, -0.2) is 0 Å². The van der Waals surface area contributed by atoms with Crippen molar-refractivity contribution in [2.45, 2.75) is 5.03 Å². The van der Waals surface area contributed by atoms with Crippen LogP contribution in [0.25, 0.3) is 0 Å². The minimum Gasteiger partial charge on any atom is -0.503 e. The third kappa shape index (κ3) is 1.04. The van der Waals surface area contributed by atoms with Crippen LogP contribution in [0.2, 0.25) is 0 Å². The van der Waals surface area contributed by atoms with Crippen LogP contribution in [0.3, 0.4) is 0 Å². The third-order valence-electron chi connectivity index (χ3n) is 1.05. The van der Waals surface area contributed by atoms with Crippen molar-refractivity contribution >= 4 is 12.6 Å². The van der Waals surface area contributed by atoms with Crippen molar-refractivity contribution in [2.75, 3.05) is 0 Å². The van der Waals surface area contributed by atoms with E-state index < -0.39 is 0 Å². The van der Waals surface area contributed by atoms with Gasteiger partial charge in [0.05, 0.1) is 0 Å². The molecule has 1 aromatic heterocycles. The molecule has 0 spiro atoms. The average molecular weight is 153 g/mol. The van der Waals surface area contributed by atoms with Crippen molar-refractivity contribution in [1.29, 1.82) is 5.26 Å². The Balaban J connectivity index is 3.31. The summed E-state index contributed by atoms with van der Waals surface area (Å²) in [6.45, 7) is 0. The zero-order chi connectivity index (χ0) is 7.56. The van der Waals surface area contributed by atoms with Gasteiger partial charge in [0.25, 0.3) is 0 Å². The van der Waals surface area contributed by atoms with Crippen LogP contribution in [0.4, 0.5) is 0 Å². The number of rotatable bonds is 0. The van der Waals surface area contributed by atoms with Gasteiger partial charge in [-0.3, -0.25) is 0 Å². The zero-order valence-electron chi connectivity index (χ0n) is 5.02. The van der Waals surface area contributed by atoms with Gasteiger partial charge in [0.1, 0.15) is 6.20 Å². The number of thiol groups is 1. The summed E-state index contributed by atoms with van der Waals surface area (Å²) in [5.41, 5.74) is 0. The molecule has 0 fully saturated rings. The van der Waals surface area contributed by atoms with E-state index in [4.69, 9.17) is 10.4 Å². The molecule has 0 saturated carbocycles. The van der Waals surface area contributed by atoms with Crippen molar-refractivity contribution in [2.24, 2.45) is 0 Å². The summed E-state index contributed by atoms with van der Waals surface area (Å²) in [6.07, 6.45) is 3.33. The largest absolute Gasteiger partial charge is 0.503 e. The Kier molecular flexibility index (Phi) is 1.78. The van der Waals surface area contributed by atoms with Crippen molar-refractivity contribution in [3.8, 4) is 11.9 Å². The van der Waals surface area contributed by atoms with Crippen LogP contribution in [-0.4, -0.2) is 5.11 Å². The van der Waals surface area contributed by atoms with Gasteiger partial charge >= 0.3 is 6.19 Å². The topological polar surface area (TPSA) is 47.9 Å². The Labute approximate surface area is 63.6 Å². The van der Waals surface area contributed by atoms with Gasteiger partial charge in [-0.2, -0.15) is 0 Å². The number of hydrogen-bond donors (Lipinski definition) is 2. The van der Waals surface area contributed by atoms with Crippen LogP contribution in [0.1, 0.15) is 0 Å². The van der Waals surface area contributed by atoms with Gasteiger partial charge in [0.2, 0.25) is 5.03 Å². The molecule has 50 valence electrons. The molecule has 0 unspecified atom stereocenters. The normalized spacial score (nSPS) is 8.80. The maximum Gasteiger partial charge on any atom is 0.465 e. The number of nitrogens with zero attached hydrogens (tertiary/aromatic N) is 2. The lowest BCUT2D eigenvalue weighted by Gasteiger charge is -1.92. The number of aromatic hydroxyl groups is 1. The predicted molar refractivity (Wildman–Crippen MR) is 36.6 cm³/mol. The molecular formula is C6H5N2OS+. The van der Waals surface area contributed by atoms with Gasteiger partial charge in [-0.1, -0.05) is 12.6 Å². The lowest BCUT2D eigenvalue weighted by molar-refractivity contribution is -0.627. The highest BCUT2D eigenvalue weighted by Gasteiger charge is 2.05. The number of aromatic nitrogens is 1. The van der Waals surface area contributed by atoms with E-state index in [-0.39, 0.29) is 10.8 Å². The van der Waals surface area contributed by atoms with E-state index >= 15 is 0 Å². The van der Waals surface area contributed by atoms with Gasteiger partial charge in [0, 0.05) is 0 Å². The van der Waals surface area contributed by atoms with E-state index in [1.807, 2.05) is 6.19 Å². The number of nitriles is 1. The van der Waals surface area contributed by atoms with Gasteiger partial charge in [-0.05, 0) is 12.1 Å². The molecule has 3 nitrogen and oxygen atoms in total. The van der Waals surface area contributed by atoms with Crippen LogP contribution < -0.4 is 4.57 Å². The fourth-order valence-corrected chi connectivity index (χ4v) is 0.755. The van der Waals surface area contributed by atoms with E-state index in [9.17, 15) is 0 Å². The molecule has 1 N–H and O–H groups in total. The minimum absolute atomic E-state index is 0.00684. The first kappa shape index (κ1) is 6.90. The molecule has 0 amide bonds. The molecule has 1 heterocycles. The predicted octanol–water partition coefficient (Wildman–Crippen LogP) is 0.298. The van der Waals surface area contributed by atoms with E-state index in [0.29, 0.717) is 0 Å². The molecule has 0 aliphatic carbocycles. The number of pyridine rings is 1. The maximum atomic E-state index is 8.98. The highest BCUT2D eigenvalue weighted by molar-refractivity contribution is 7.80. The molecule has 4 heteroatoms. The number of hydrogen-bond acceptors (Lipinski definition) is 3. The molecule has 0 saturated heterocycles. The summed E-state index contributed by atoms with van der Waals surface area (Å²) in [6, 6.07) is 3.04. The molecule has 0 atom stereocenters. The highest BCUT2D eigenvalue weighted by Crippen LogP contribution is 2.13. The minimum atomic E-state index is 0.00684. The summed E-state index contributed by atoms with van der Waals surface area (Å²) in [4.78, 5) is 0. The standard InChI is InChI=1S/C6H4N2OS/c7-4-8-3-1-2-5(9)6(8)10/h1-3,9H/p+1. The van der Waals surface area contributed by atoms with Crippen molar-refractivity contribution in [1.82, 2.24) is 0 Å². The Morgan fingerprint density at radius 3 is 2.90 bits per heavy atom. The molecular weight excluding hydrogens is 148 g/mol. The first-order valence-corrected chi connectivity index (χ1v) is 3.03. The lowest BCUT2D eigenvalue weighted by Crippen LogP contribution is -2.28. The van der Waals surface area contributed by atoms with Gasteiger partial charge in [-0.15, -0.1) is 4.57 Å². The molecule has 10 heavy (non-hydrogen) atoms. The monoisotopic (exact) mass is 153 g/mol. The molecule has 0 bridgehead atoms. The summed E-state index contributed by atoms with van der Waals surface area (Å²) >= 11 is 3.88. The molecule has 0 radical (unpaired) electrons. The Morgan fingerprint density at radius 2 is 2.40 bits per heavy atom. The molecule has 1 aromatic rings. The quantitative estimate of drug-likeness (QED) is 0.416. The van der Waals surface area contributed by atoms with E-state index in [2.05, 4.69) is 12.6 Å². The molecule has 1 rings (SSSR count). The Morgan fingerprint density at radius 1 is 1.70 bits per heavy atom. The fourth-order valence-electron chi connectivity index (χ4n) is 0.569. The van der Waals surface area contributed by atoms with Crippen molar-refractivity contribution < 1.29 is 9.67 Å². The zero-order valence-corrected chi connectivity index (χ0v) is 5.92. The molecule has 0 aliphatic rings. The van der Waals surface area contributed by atoms with Crippen molar-refractivity contribution in [3.05, 3.63) is 18.3 Å². The van der Waals surface area contributed by atoms with Gasteiger partial charge in [0.15, 0.2) is 11.0 Å². The van der Waals surface area contributed by atoms with E-state index in [1.54, 1.807) is 6.07 Å². The van der Waals surface area contributed by atoms with Crippen LogP contribution in [-0.2, 0) is 0 Å². The van der Waals surface area contributed by atoms with Crippen LogP contribution in [0, 0.1) is 11.5 Å². The fraction of sp³-hybridized carbons (Fsp3) is 0. The first-order valence-electron chi connectivity index (χ1n) is 2.58. The third-order valence-corrected chi connectivity index (χ3v) is 1.50. The van der Waals surface area contributed by atoms with E-state index in [0.717, 1.165) is 0 Å². The maximum absolute atomic E-state index is 8.98. The highest BCUT2D eigenvalue weighted by atomic mass is 32.1. The summed E-state index contributed by atoms with van der Waals surface area (Å²) in [5.74, 6) is 0.00684. The molecule has 0 aromatic carbocycles. The summed E-state index contributed by atoms with van der Waals surface area (Å²) < 4.78 is 1.17. The van der Waals surface area contributed by atoms with E-state index in [1.165, 1.54) is 16.8 Å². The van der Waals surface area contributed by atoms with Gasteiger partial charge < -0.3 is 5.11 Å². The average Bonchev–Trinajstić information content (AvgIpc) is 1.95. The second-order valence-electron chi connectivity index (χ2n) is 1.69. The van der Waals surface area contributed by atoms with Crippen molar-refractivity contribution in [3.63, 3.8) is 0 Å². The second kappa shape index (κ2) is 2.58. The second-order valence-corrected chi connectivity index (χ2v) is 2.11. The van der Waals surface area contributed by atoms with Crippen LogP contribution in [0.15, 0.2) is 23.4 Å². The Bertz CT molecular complexity index is 292. The SMILES string of the molecule is N#C[n+]1cccc(O)c1S. The van der Waals surface area contributed by atoms with Crippen LogP contribution in [0.5, 0.6) is 5.75 Å². The molecule has 0 aliphatic heterocycles.